The standard InChI is InChI=1S/C27H32N4O8S2/c1-4-37-20-9-12-22-23(17-20)40-26(31(22)18-24(32)38-5-2)28-25(33)19-7-10-21(11-8-19)41(35,36)30-15-13-29(14-16-30)27(34)39-6-3/h7-12,17H,4-6,13-16,18H2,1-3H3. The van der Waals surface area contributed by atoms with Crippen molar-refractivity contribution in [3.05, 3.63) is 52.8 Å². The zero-order valence-electron chi connectivity index (χ0n) is 23.1. The van der Waals surface area contributed by atoms with Crippen molar-refractivity contribution in [3.8, 4) is 5.75 Å². The lowest BCUT2D eigenvalue weighted by atomic mass is 10.2. The van der Waals surface area contributed by atoms with Crippen LogP contribution in [-0.4, -0.2) is 86.2 Å². The fourth-order valence-electron chi connectivity index (χ4n) is 4.28. The summed E-state index contributed by atoms with van der Waals surface area (Å²) in [6.45, 7) is 6.84. The van der Waals surface area contributed by atoms with Crippen molar-refractivity contribution >= 4 is 49.5 Å². The Morgan fingerprint density at radius 1 is 0.902 bits per heavy atom. The Bertz CT molecular complexity index is 1590. The minimum Gasteiger partial charge on any atom is -0.494 e. The molecule has 1 aliphatic rings. The number of fused-ring (bicyclic) bond motifs is 1. The molecule has 1 saturated heterocycles. The second-order valence-electron chi connectivity index (χ2n) is 8.87. The molecule has 1 aromatic heterocycles. The van der Waals surface area contributed by atoms with E-state index in [1.165, 1.54) is 44.8 Å². The third-order valence-corrected chi connectivity index (χ3v) is 9.21. The van der Waals surface area contributed by atoms with Gasteiger partial charge in [0.15, 0.2) is 4.80 Å². The van der Waals surface area contributed by atoms with E-state index in [0.29, 0.717) is 22.7 Å². The molecular weight excluding hydrogens is 572 g/mol. The van der Waals surface area contributed by atoms with Crippen molar-refractivity contribution in [2.75, 3.05) is 46.0 Å². The SMILES string of the molecule is CCOC(=O)Cn1c(=NC(=O)c2ccc(S(=O)(=O)N3CCN(C(=O)OCC)CC3)cc2)sc2cc(OCC)ccc21. The van der Waals surface area contributed by atoms with Crippen molar-refractivity contribution < 1.29 is 37.0 Å². The third-order valence-electron chi connectivity index (χ3n) is 6.26. The van der Waals surface area contributed by atoms with Crippen LogP contribution in [0.2, 0.25) is 0 Å². The minimum absolute atomic E-state index is 0.0290. The van der Waals surface area contributed by atoms with E-state index < -0.39 is 28.0 Å². The molecule has 41 heavy (non-hydrogen) atoms. The first kappa shape index (κ1) is 30.2. The van der Waals surface area contributed by atoms with Crippen LogP contribution < -0.4 is 9.54 Å². The van der Waals surface area contributed by atoms with E-state index in [2.05, 4.69) is 4.99 Å². The molecule has 0 unspecified atom stereocenters. The van der Waals surface area contributed by atoms with E-state index in [0.717, 1.165) is 4.70 Å². The maximum Gasteiger partial charge on any atom is 0.409 e. The monoisotopic (exact) mass is 604 g/mol. The average molecular weight is 605 g/mol. The van der Waals surface area contributed by atoms with Crippen LogP contribution in [-0.2, 0) is 30.8 Å². The molecular formula is C27H32N4O8S2. The van der Waals surface area contributed by atoms with Crippen LogP contribution in [0.4, 0.5) is 4.79 Å². The number of hydrogen-bond acceptors (Lipinski definition) is 9. The highest BCUT2D eigenvalue weighted by Gasteiger charge is 2.30. The highest BCUT2D eigenvalue weighted by molar-refractivity contribution is 7.89. The lowest BCUT2D eigenvalue weighted by molar-refractivity contribution is -0.143. The number of esters is 1. The number of thiazole rings is 1. The van der Waals surface area contributed by atoms with Crippen LogP contribution in [0.5, 0.6) is 5.75 Å². The van der Waals surface area contributed by atoms with Crippen molar-refractivity contribution in [3.63, 3.8) is 0 Å². The summed E-state index contributed by atoms with van der Waals surface area (Å²) < 4.78 is 45.7. The fraction of sp³-hybridized carbons (Fsp3) is 0.407. The number of amides is 2. The first-order valence-corrected chi connectivity index (χ1v) is 15.5. The molecule has 2 aromatic carbocycles. The van der Waals surface area contributed by atoms with Crippen LogP contribution in [0.3, 0.4) is 0 Å². The molecule has 0 aliphatic carbocycles. The van der Waals surface area contributed by atoms with E-state index in [9.17, 15) is 22.8 Å². The smallest absolute Gasteiger partial charge is 0.409 e. The van der Waals surface area contributed by atoms with Crippen molar-refractivity contribution in [1.82, 2.24) is 13.8 Å². The molecule has 4 rings (SSSR count). The average Bonchev–Trinajstić information content (AvgIpc) is 3.29. The normalized spacial score (nSPS) is 14.7. The van der Waals surface area contributed by atoms with Gasteiger partial charge in [0.2, 0.25) is 10.0 Å². The van der Waals surface area contributed by atoms with Gasteiger partial charge < -0.3 is 23.7 Å². The molecule has 1 fully saturated rings. The Morgan fingerprint density at radius 2 is 1.59 bits per heavy atom. The molecule has 2 heterocycles. The number of rotatable bonds is 9. The summed E-state index contributed by atoms with van der Waals surface area (Å²) in [5, 5.41) is 0. The molecule has 0 bridgehead atoms. The number of hydrogen-bond donors (Lipinski definition) is 0. The van der Waals surface area contributed by atoms with E-state index >= 15 is 0 Å². The summed E-state index contributed by atoms with van der Waals surface area (Å²) in [4.78, 5) is 43.4. The summed E-state index contributed by atoms with van der Waals surface area (Å²) in [6.07, 6.45) is -0.465. The number of aromatic nitrogens is 1. The van der Waals surface area contributed by atoms with Gasteiger partial charge in [-0.15, -0.1) is 0 Å². The van der Waals surface area contributed by atoms with Crippen LogP contribution in [0.1, 0.15) is 31.1 Å². The second-order valence-corrected chi connectivity index (χ2v) is 11.8. The molecule has 0 atom stereocenters. The van der Waals surface area contributed by atoms with Gasteiger partial charge in [0, 0.05) is 31.7 Å². The van der Waals surface area contributed by atoms with Gasteiger partial charge in [-0.2, -0.15) is 9.30 Å². The minimum atomic E-state index is -3.83. The molecule has 3 aromatic rings. The fourth-order valence-corrected chi connectivity index (χ4v) is 6.76. The first-order chi connectivity index (χ1) is 19.7. The first-order valence-electron chi connectivity index (χ1n) is 13.2. The Balaban J connectivity index is 1.56. The number of sulfonamides is 1. The van der Waals surface area contributed by atoms with Gasteiger partial charge >= 0.3 is 12.1 Å². The number of carbonyl (C=O) groups is 3. The van der Waals surface area contributed by atoms with Crippen LogP contribution in [0.25, 0.3) is 10.2 Å². The number of carbonyl (C=O) groups excluding carboxylic acids is 3. The summed E-state index contributed by atoms with van der Waals surface area (Å²) in [7, 11) is -3.83. The Morgan fingerprint density at radius 3 is 2.22 bits per heavy atom. The quantitative estimate of drug-likeness (QED) is 0.340. The predicted octanol–water partition coefficient (Wildman–Crippen LogP) is 2.87. The van der Waals surface area contributed by atoms with Crippen molar-refractivity contribution in [2.24, 2.45) is 4.99 Å². The van der Waals surface area contributed by atoms with E-state index in [1.54, 1.807) is 30.5 Å². The molecule has 2 amide bonds. The van der Waals surface area contributed by atoms with Crippen molar-refractivity contribution in [1.29, 1.82) is 0 Å². The van der Waals surface area contributed by atoms with E-state index in [1.807, 2.05) is 13.0 Å². The predicted molar refractivity (Wildman–Crippen MR) is 151 cm³/mol. The van der Waals surface area contributed by atoms with Gasteiger partial charge in [-0.3, -0.25) is 9.59 Å². The molecule has 220 valence electrons. The Labute approximate surface area is 241 Å². The number of ether oxygens (including phenoxy) is 3. The maximum atomic E-state index is 13.2. The van der Waals surface area contributed by atoms with Crippen LogP contribution in [0, 0.1) is 0 Å². The van der Waals surface area contributed by atoms with Gasteiger partial charge in [-0.05, 0) is 63.2 Å². The third kappa shape index (κ3) is 6.94. The van der Waals surface area contributed by atoms with Gasteiger partial charge in [-0.1, -0.05) is 11.3 Å². The van der Waals surface area contributed by atoms with Gasteiger partial charge in [-0.25, -0.2) is 13.2 Å². The molecule has 0 saturated carbocycles. The topological polar surface area (TPSA) is 137 Å². The summed E-state index contributed by atoms with van der Waals surface area (Å²) in [5.41, 5.74) is 0.883. The second kappa shape index (κ2) is 13.3. The highest BCUT2D eigenvalue weighted by Crippen LogP contribution is 2.24. The summed E-state index contributed by atoms with van der Waals surface area (Å²) in [6, 6.07) is 10.9. The molecule has 14 heteroatoms. The van der Waals surface area contributed by atoms with Gasteiger partial charge in [0.25, 0.3) is 5.91 Å². The Hall–Kier alpha value is -3.75. The molecule has 0 radical (unpaired) electrons. The lowest BCUT2D eigenvalue weighted by Gasteiger charge is -2.33. The molecule has 1 aliphatic heterocycles. The molecule has 12 nitrogen and oxygen atoms in total. The van der Waals surface area contributed by atoms with Crippen LogP contribution in [0.15, 0.2) is 52.4 Å². The lowest BCUT2D eigenvalue weighted by Crippen LogP contribution is -2.50. The Kier molecular flexibility index (Phi) is 9.78. The summed E-state index contributed by atoms with van der Waals surface area (Å²) in [5.74, 6) is -0.402. The van der Waals surface area contributed by atoms with Gasteiger partial charge in [0.05, 0.1) is 34.9 Å². The molecule has 0 spiro atoms. The zero-order chi connectivity index (χ0) is 29.6. The zero-order valence-corrected chi connectivity index (χ0v) is 24.7. The molecule has 0 N–H and O–H groups in total. The largest absolute Gasteiger partial charge is 0.494 e. The van der Waals surface area contributed by atoms with E-state index in [-0.39, 0.29) is 56.4 Å². The number of piperazine rings is 1. The van der Waals surface area contributed by atoms with Gasteiger partial charge in [0.1, 0.15) is 12.3 Å². The number of nitrogens with zero attached hydrogens (tertiary/aromatic N) is 4. The summed E-state index contributed by atoms with van der Waals surface area (Å²) >= 11 is 1.23. The highest BCUT2D eigenvalue weighted by atomic mass is 32.2. The maximum absolute atomic E-state index is 13.2. The van der Waals surface area contributed by atoms with Crippen LogP contribution >= 0.6 is 11.3 Å². The van der Waals surface area contributed by atoms with E-state index in [4.69, 9.17) is 14.2 Å². The van der Waals surface area contributed by atoms with Crippen molar-refractivity contribution in [2.45, 2.75) is 32.2 Å². The number of benzene rings is 2.